The van der Waals surface area contributed by atoms with Crippen LogP contribution in [0.4, 0.5) is 0 Å². The fourth-order valence-corrected chi connectivity index (χ4v) is 5.09. The molecule has 0 spiro atoms. The van der Waals surface area contributed by atoms with Gasteiger partial charge in [0, 0.05) is 40.7 Å². The molecule has 0 aliphatic heterocycles. The predicted molar refractivity (Wildman–Crippen MR) is 148 cm³/mol. The largest absolute Gasteiger partial charge is 0.489 e. The van der Waals surface area contributed by atoms with Gasteiger partial charge in [-0.2, -0.15) is 0 Å². The molecule has 5 rings (SSSR count). The summed E-state index contributed by atoms with van der Waals surface area (Å²) in [5.41, 5.74) is 5.92. The van der Waals surface area contributed by atoms with E-state index in [0.717, 1.165) is 51.0 Å². The number of aryl methyl sites for hydroxylation is 1. The first-order chi connectivity index (χ1) is 17.9. The lowest BCUT2D eigenvalue weighted by molar-refractivity contribution is 0.112. The van der Waals surface area contributed by atoms with Crippen molar-refractivity contribution < 1.29 is 14.1 Å². The normalized spacial score (nSPS) is 11.4. The number of rotatable bonds is 8. The van der Waals surface area contributed by atoms with Crippen LogP contribution < -0.4 is 4.74 Å². The van der Waals surface area contributed by atoms with Gasteiger partial charge in [0.2, 0.25) is 0 Å². The summed E-state index contributed by atoms with van der Waals surface area (Å²) in [5, 5.41) is 6.38. The van der Waals surface area contributed by atoms with Gasteiger partial charge in [0.05, 0.1) is 15.6 Å². The average Bonchev–Trinajstić information content (AvgIpc) is 3.48. The summed E-state index contributed by atoms with van der Waals surface area (Å²) in [6.07, 6.45) is 2.95. The number of halogens is 2. The quantitative estimate of drug-likeness (QED) is 0.188. The summed E-state index contributed by atoms with van der Waals surface area (Å²) in [5.74, 6) is 1.58. The van der Waals surface area contributed by atoms with Crippen LogP contribution >= 0.6 is 23.2 Å². The van der Waals surface area contributed by atoms with Crippen LogP contribution in [-0.4, -0.2) is 16.0 Å². The first kappa shape index (κ1) is 25.1. The van der Waals surface area contributed by atoms with Crippen LogP contribution in [0.3, 0.4) is 0 Å². The Labute approximate surface area is 225 Å². The molecule has 0 saturated carbocycles. The Morgan fingerprint density at radius 2 is 1.84 bits per heavy atom. The van der Waals surface area contributed by atoms with Gasteiger partial charge >= 0.3 is 0 Å². The number of hydrogen-bond acceptors (Lipinski definition) is 4. The van der Waals surface area contributed by atoms with E-state index in [2.05, 4.69) is 21.9 Å². The monoisotopic (exact) mass is 532 g/mol. The van der Waals surface area contributed by atoms with Crippen LogP contribution in [0.25, 0.3) is 22.2 Å². The smallest absolute Gasteiger partial charge is 0.150 e. The van der Waals surface area contributed by atoms with Gasteiger partial charge in [-0.05, 0) is 60.5 Å². The molecule has 0 N–H and O–H groups in total. The van der Waals surface area contributed by atoms with Gasteiger partial charge in [-0.3, -0.25) is 4.79 Å². The van der Waals surface area contributed by atoms with Gasteiger partial charge in [0.15, 0.2) is 0 Å². The summed E-state index contributed by atoms with van der Waals surface area (Å²) in [7, 11) is 0. The van der Waals surface area contributed by atoms with Crippen LogP contribution in [-0.2, 0) is 13.2 Å². The third-order valence-electron chi connectivity index (χ3n) is 6.49. The lowest BCUT2D eigenvalue weighted by Crippen LogP contribution is -2.02. The minimum absolute atomic E-state index is 0.110. The Morgan fingerprint density at radius 1 is 1.05 bits per heavy atom. The van der Waals surface area contributed by atoms with E-state index >= 15 is 0 Å². The second-order valence-electron chi connectivity index (χ2n) is 9.39. The molecule has 0 saturated heterocycles. The zero-order chi connectivity index (χ0) is 26.1. The molecule has 5 nitrogen and oxygen atoms in total. The first-order valence-electron chi connectivity index (χ1n) is 12.0. The molecule has 37 heavy (non-hydrogen) atoms. The molecular weight excluding hydrogens is 507 g/mol. The average molecular weight is 533 g/mol. The summed E-state index contributed by atoms with van der Waals surface area (Å²) in [4.78, 5) is 11.3. The van der Waals surface area contributed by atoms with E-state index in [9.17, 15) is 4.79 Å². The fourth-order valence-electron chi connectivity index (χ4n) is 4.51. The van der Waals surface area contributed by atoms with Crippen molar-refractivity contribution in [2.45, 2.75) is 39.8 Å². The van der Waals surface area contributed by atoms with Gasteiger partial charge in [0.1, 0.15) is 30.1 Å². The van der Waals surface area contributed by atoms with Gasteiger partial charge in [-0.25, -0.2) is 0 Å². The van der Waals surface area contributed by atoms with Crippen molar-refractivity contribution in [3.05, 3.63) is 105 Å². The first-order valence-corrected chi connectivity index (χ1v) is 12.8. The van der Waals surface area contributed by atoms with Crippen LogP contribution in [0, 0.1) is 6.92 Å². The molecule has 0 aliphatic rings. The third-order valence-corrected chi connectivity index (χ3v) is 7.12. The van der Waals surface area contributed by atoms with Crippen molar-refractivity contribution in [3.63, 3.8) is 0 Å². The Morgan fingerprint density at radius 3 is 2.57 bits per heavy atom. The van der Waals surface area contributed by atoms with Crippen LogP contribution in [0.15, 0.2) is 71.4 Å². The molecule has 0 fully saturated rings. The SMILES string of the molecule is Cc1ccc(Cn2ccc3cc(OCc4c(-c5c(Cl)cccc5Cl)noc4C(C)C)ccc32)cc1C=O. The van der Waals surface area contributed by atoms with E-state index in [1.54, 1.807) is 18.2 Å². The van der Waals surface area contributed by atoms with Crippen molar-refractivity contribution in [3.8, 4) is 17.0 Å². The van der Waals surface area contributed by atoms with E-state index in [0.29, 0.717) is 27.8 Å². The Hall–Kier alpha value is -3.54. The third kappa shape index (κ3) is 5.02. The summed E-state index contributed by atoms with van der Waals surface area (Å²) >= 11 is 12.9. The summed E-state index contributed by atoms with van der Waals surface area (Å²) in [6, 6.07) is 19.4. The minimum Gasteiger partial charge on any atom is -0.489 e. The summed E-state index contributed by atoms with van der Waals surface area (Å²) < 4.78 is 14.1. The maximum atomic E-state index is 11.3. The Kier molecular flexibility index (Phi) is 7.09. The number of carbonyl (C=O) groups is 1. The Balaban J connectivity index is 1.40. The molecule has 3 aromatic carbocycles. The molecule has 0 amide bonds. The molecular formula is C30H26Cl2N2O3. The van der Waals surface area contributed by atoms with Crippen molar-refractivity contribution in [2.75, 3.05) is 0 Å². The topological polar surface area (TPSA) is 57.3 Å². The molecule has 0 unspecified atom stereocenters. The van der Waals surface area contributed by atoms with Crippen molar-refractivity contribution >= 4 is 40.4 Å². The number of aldehydes is 1. The number of ether oxygens (including phenoxy) is 1. The van der Waals surface area contributed by atoms with Crippen molar-refractivity contribution in [1.29, 1.82) is 0 Å². The number of carbonyl (C=O) groups excluding carboxylic acids is 1. The van der Waals surface area contributed by atoms with Gasteiger partial charge in [-0.1, -0.05) is 60.4 Å². The molecule has 0 radical (unpaired) electrons. The highest BCUT2D eigenvalue weighted by atomic mass is 35.5. The second-order valence-corrected chi connectivity index (χ2v) is 10.2. The maximum absolute atomic E-state index is 11.3. The van der Waals surface area contributed by atoms with E-state index in [4.69, 9.17) is 32.5 Å². The number of aromatic nitrogens is 2. The number of nitrogens with zero attached hydrogens (tertiary/aromatic N) is 2. The lowest BCUT2D eigenvalue weighted by Gasteiger charge is -2.11. The molecule has 2 aromatic heterocycles. The zero-order valence-electron chi connectivity index (χ0n) is 20.8. The highest BCUT2D eigenvalue weighted by Crippen LogP contribution is 2.39. The van der Waals surface area contributed by atoms with Crippen molar-refractivity contribution in [1.82, 2.24) is 9.72 Å². The molecule has 0 aliphatic carbocycles. The van der Waals surface area contributed by atoms with E-state index in [-0.39, 0.29) is 12.5 Å². The van der Waals surface area contributed by atoms with Crippen LogP contribution in [0.5, 0.6) is 5.75 Å². The maximum Gasteiger partial charge on any atom is 0.150 e. The van der Waals surface area contributed by atoms with Crippen LogP contribution in [0.2, 0.25) is 10.0 Å². The molecule has 2 heterocycles. The fraction of sp³-hybridized carbons (Fsp3) is 0.200. The Bertz CT molecular complexity index is 1580. The highest BCUT2D eigenvalue weighted by molar-refractivity contribution is 6.39. The zero-order valence-corrected chi connectivity index (χ0v) is 22.3. The minimum atomic E-state index is 0.110. The molecule has 0 bridgehead atoms. The van der Waals surface area contributed by atoms with E-state index < -0.39 is 0 Å². The standard InChI is InChI=1S/C30H26Cl2N2O3/c1-18(2)30-24(29(33-37-30)28-25(31)5-4-6-26(28)32)17-36-23-9-10-27-21(14-23)11-12-34(27)15-20-8-7-19(3)22(13-20)16-35/h4-14,16,18H,15,17H2,1-3H3. The number of fused-ring (bicyclic) bond motifs is 1. The van der Waals surface area contributed by atoms with Crippen LogP contribution in [0.1, 0.15) is 52.6 Å². The van der Waals surface area contributed by atoms with E-state index in [1.165, 1.54) is 0 Å². The van der Waals surface area contributed by atoms with E-state index in [1.807, 2.05) is 57.3 Å². The van der Waals surface area contributed by atoms with Gasteiger partial charge < -0.3 is 13.8 Å². The lowest BCUT2D eigenvalue weighted by atomic mass is 10.0. The number of hydrogen-bond donors (Lipinski definition) is 0. The number of benzene rings is 3. The predicted octanol–water partition coefficient (Wildman–Crippen LogP) is 8.47. The van der Waals surface area contributed by atoms with Gasteiger partial charge in [0.25, 0.3) is 0 Å². The molecule has 188 valence electrons. The molecule has 7 heteroatoms. The van der Waals surface area contributed by atoms with Gasteiger partial charge in [-0.15, -0.1) is 0 Å². The highest BCUT2D eigenvalue weighted by Gasteiger charge is 2.24. The molecule has 5 aromatic rings. The molecule has 0 atom stereocenters. The summed E-state index contributed by atoms with van der Waals surface area (Å²) in [6.45, 7) is 6.96. The second kappa shape index (κ2) is 10.4. The van der Waals surface area contributed by atoms with Crippen molar-refractivity contribution in [2.24, 2.45) is 0 Å².